The third-order valence-corrected chi connectivity index (χ3v) is 5.76. The Morgan fingerprint density at radius 2 is 1.83 bits per heavy atom. The average Bonchev–Trinajstić information content (AvgIpc) is 3.38. The van der Waals surface area contributed by atoms with Crippen LogP contribution < -0.4 is 0 Å². The van der Waals surface area contributed by atoms with E-state index >= 15 is 0 Å². The number of carbonyl (C=O) groups excluding carboxylic acids is 3. The third kappa shape index (κ3) is 4.35. The lowest BCUT2D eigenvalue weighted by atomic mass is 10.0. The van der Waals surface area contributed by atoms with Crippen LogP contribution in [0.15, 0.2) is 51.6 Å². The maximum absolute atomic E-state index is 12.6. The van der Waals surface area contributed by atoms with E-state index in [0.717, 1.165) is 5.56 Å². The summed E-state index contributed by atoms with van der Waals surface area (Å²) in [6, 6.07) is 11.7. The van der Waals surface area contributed by atoms with Crippen molar-refractivity contribution < 1.29 is 28.3 Å². The topological polar surface area (TPSA) is 89.3 Å². The Hall–Kier alpha value is -2.81. The Balaban J connectivity index is 1.35. The van der Waals surface area contributed by atoms with Crippen LogP contribution in [0.2, 0.25) is 0 Å². The highest BCUT2D eigenvalue weighted by molar-refractivity contribution is 9.10. The summed E-state index contributed by atoms with van der Waals surface area (Å²) in [7, 11) is 0. The second-order valence-corrected chi connectivity index (χ2v) is 8.00. The number of rotatable bonds is 5. The Morgan fingerprint density at radius 1 is 1.10 bits per heavy atom. The van der Waals surface area contributed by atoms with Crippen molar-refractivity contribution in [3.05, 3.63) is 58.5 Å². The SMILES string of the molecule is O=C(OCc1ccccc1)C1COC(=O)N1C1CCN(C(=O)c2ccc(Br)o2)CC1. The summed E-state index contributed by atoms with van der Waals surface area (Å²) in [4.78, 5) is 40.6. The van der Waals surface area contributed by atoms with Crippen molar-refractivity contribution in [2.24, 2.45) is 0 Å². The Labute approximate surface area is 181 Å². The predicted octanol–water partition coefficient (Wildman–Crippen LogP) is 3.21. The van der Waals surface area contributed by atoms with Crippen molar-refractivity contribution in [1.82, 2.24) is 9.80 Å². The van der Waals surface area contributed by atoms with E-state index in [0.29, 0.717) is 30.6 Å². The number of piperidine rings is 1. The number of ether oxygens (including phenoxy) is 2. The van der Waals surface area contributed by atoms with Crippen LogP contribution >= 0.6 is 15.9 Å². The van der Waals surface area contributed by atoms with Gasteiger partial charge in [-0.3, -0.25) is 9.69 Å². The summed E-state index contributed by atoms with van der Waals surface area (Å²) in [5.74, 6) is -0.408. The zero-order valence-corrected chi connectivity index (χ0v) is 17.7. The van der Waals surface area contributed by atoms with Gasteiger partial charge >= 0.3 is 12.1 Å². The van der Waals surface area contributed by atoms with Crippen molar-refractivity contribution in [1.29, 1.82) is 0 Å². The molecular weight excluding hydrogens is 456 g/mol. The number of cyclic esters (lactones) is 1. The van der Waals surface area contributed by atoms with Crippen molar-refractivity contribution in [2.45, 2.75) is 31.5 Å². The number of hydrogen-bond donors (Lipinski definition) is 0. The first kappa shape index (κ1) is 20.5. The number of benzene rings is 1. The van der Waals surface area contributed by atoms with Gasteiger partial charge in [0.1, 0.15) is 13.2 Å². The van der Waals surface area contributed by atoms with Gasteiger partial charge < -0.3 is 18.8 Å². The molecule has 1 atom stereocenters. The zero-order chi connectivity index (χ0) is 21.1. The molecule has 0 aliphatic carbocycles. The van der Waals surface area contributed by atoms with Gasteiger partial charge in [0.25, 0.3) is 5.91 Å². The fourth-order valence-electron chi connectivity index (χ4n) is 3.77. The molecule has 0 N–H and O–H groups in total. The van der Waals surface area contributed by atoms with Crippen LogP contribution in [0.3, 0.4) is 0 Å². The minimum atomic E-state index is -0.769. The maximum Gasteiger partial charge on any atom is 0.410 e. The molecule has 158 valence electrons. The minimum Gasteiger partial charge on any atom is -0.459 e. The molecule has 1 unspecified atom stereocenters. The molecule has 9 heteroatoms. The fraction of sp³-hybridized carbons (Fsp3) is 0.381. The van der Waals surface area contributed by atoms with E-state index in [4.69, 9.17) is 13.9 Å². The number of amides is 2. The molecule has 4 rings (SSSR count). The lowest BCUT2D eigenvalue weighted by molar-refractivity contribution is -0.150. The van der Waals surface area contributed by atoms with Gasteiger partial charge in [-0.25, -0.2) is 9.59 Å². The lowest BCUT2D eigenvalue weighted by Gasteiger charge is -2.36. The normalized spacial score (nSPS) is 19.6. The van der Waals surface area contributed by atoms with Crippen LogP contribution in [0.1, 0.15) is 29.0 Å². The number of hydrogen-bond acceptors (Lipinski definition) is 6. The van der Waals surface area contributed by atoms with Crippen LogP contribution in [-0.2, 0) is 20.9 Å². The number of esters is 1. The van der Waals surface area contributed by atoms with E-state index < -0.39 is 18.1 Å². The molecule has 0 saturated carbocycles. The van der Waals surface area contributed by atoms with Gasteiger partial charge in [0.05, 0.1) is 0 Å². The number of carbonyl (C=O) groups is 3. The molecule has 0 bridgehead atoms. The molecule has 2 amide bonds. The average molecular weight is 477 g/mol. The first-order valence-electron chi connectivity index (χ1n) is 9.73. The highest BCUT2D eigenvalue weighted by Gasteiger charge is 2.44. The standard InChI is InChI=1S/C21H21BrN2O6/c22-18-7-6-17(30-18)19(25)23-10-8-15(9-11-23)24-16(13-29-21(24)27)20(26)28-12-14-4-2-1-3-5-14/h1-7,15-16H,8-13H2. The van der Waals surface area contributed by atoms with Crippen molar-refractivity contribution in [3.8, 4) is 0 Å². The van der Waals surface area contributed by atoms with E-state index in [9.17, 15) is 14.4 Å². The van der Waals surface area contributed by atoms with E-state index in [1.807, 2.05) is 30.3 Å². The number of nitrogens with zero attached hydrogens (tertiary/aromatic N) is 2. The molecule has 2 aliphatic rings. The van der Waals surface area contributed by atoms with Gasteiger partial charge in [-0.2, -0.15) is 0 Å². The van der Waals surface area contributed by atoms with E-state index in [1.54, 1.807) is 17.0 Å². The second kappa shape index (κ2) is 8.91. The molecule has 2 fully saturated rings. The predicted molar refractivity (Wildman–Crippen MR) is 109 cm³/mol. The summed E-state index contributed by atoms with van der Waals surface area (Å²) in [6.45, 7) is 1.03. The number of likely N-dealkylation sites (tertiary alicyclic amines) is 1. The first-order valence-corrected chi connectivity index (χ1v) is 10.5. The molecule has 1 aromatic heterocycles. The summed E-state index contributed by atoms with van der Waals surface area (Å²) in [5, 5.41) is 0. The largest absolute Gasteiger partial charge is 0.459 e. The highest BCUT2D eigenvalue weighted by Crippen LogP contribution is 2.26. The molecular formula is C21H21BrN2O6. The van der Waals surface area contributed by atoms with Crippen LogP contribution in [0.4, 0.5) is 4.79 Å². The third-order valence-electron chi connectivity index (χ3n) is 5.34. The molecule has 0 radical (unpaired) electrons. The van der Waals surface area contributed by atoms with Crippen molar-refractivity contribution >= 4 is 33.9 Å². The minimum absolute atomic E-state index is 0.0218. The quantitative estimate of drug-likeness (QED) is 0.615. The number of halogens is 1. The molecule has 2 saturated heterocycles. The number of furan rings is 1. The Bertz CT molecular complexity index is 923. The molecule has 3 heterocycles. The molecule has 8 nitrogen and oxygen atoms in total. The molecule has 2 aliphatic heterocycles. The van der Waals surface area contributed by atoms with Gasteiger partial charge in [-0.15, -0.1) is 0 Å². The van der Waals surface area contributed by atoms with Gasteiger partial charge in [-0.1, -0.05) is 30.3 Å². The monoisotopic (exact) mass is 476 g/mol. The van der Waals surface area contributed by atoms with E-state index in [2.05, 4.69) is 15.9 Å². The highest BCUT2D eigenvalue weighted by atomic mass is 79.9. The second-order valence-electron chi connectivity index (χ2n) is 7.22. The van der Waals surface area contributed by atoms with Crippen LogP contribution in [0, 0.1) is 0 Å². The van der Waals surface area contributed by atoms with E-state index in [-0.39, 0.29) is 30.9 Å². The molecule has 1 aromatic carbocycles. The Kier molecular flexibility index (Phi) is 6.08. The smallest absolute Gasteiger partial charge is 0.410 e. The Morgan fingerprint density at radius 3 is 2.50 bits per heavy atom. The summed E-state index contributed by atoms with van der Waals surface area (Å²) >= 11 is 3.19. The molecule has 30 heavy (non-hydrogen) atoms. The van der Waals surface area contributed by atoms with Crippen molar-refractivity contribution in [3.63, 3.8) is 0 Å². The maximum atomic E-state index is 12.6. The first-order chi connectivity index (χ1) is 14.5. The van der Waals surface area contributed by atoms with Gasteiger partial charge in [0, 0.05) is 19.1 Å². The van der Waals surface area contributed by atoms with Crippen LogP contribution in [-0.4, -0.2) is 59.5 Å². The zero-order valence-electron chi connectivity index (χ0n) is 16.2. The molecule has 0 spiro atoms. The van der Waals surface area contributed by atoms with Crippen LogP contribution in [0.25, 0.3) is 0 Å². The van der Waals surface area contributed by atoms with Crippen molar-refractivity contribution in [2.75, 3.05) is 19.7 Å². The van der Waals surface area contributed by atoms with Crippen LogP contribution in [0.5, 0.6) is 0 Å². The summed E-state index contributed by atoms with van der Waals surface area (Å²) in [5.41, 5.74) is 0.874. The summed E-state index contributed by atoms with van der Waals surface area (Å²) in [6.07, 6.45) is 0.576. The molecule has 2 aromatic rings. The van der Waals surface area contributed by atoms with E-state index in [1.165, 1.54) is 4.90 Å². The fourth-order valence-corrected chi connectivity index (χ4v) is 4.08. The summed E-state index contributed by atoms with van der Waals surface area (Å²) < 4.78 is 16.4. The van der Waals surface area contributed by atoms with Gasteiger partial charge in [0.2, 0.25) is 0 Å². The van der Waals surface area contributed by atoms with Gasteiger partial charge in [-0.05, 0) is 46.5 Å². The lowest BCUT2D eigenvalue weighted by Crippen LogP contribution is -2.52. The van der Waals surface area contributed by atoms with Gasteiger partial charge in [0.15, 0.2) is 16.5 Å².